The van der Waals surface area contributed by atoms with E-state index in [0.29, 0.717) is 12.1 Å². The molecule has 2 rings (SSSR count). The van der Waals surface area contributed by atoms with Crippen LogP contribution >= 0.6 is 11.8 Å². The fraction of sp³-hybridized carbons (Fsp3) is 0.929. The van der Waals surface area contributed by atoms with E-state index in [9.17, 15) is 4.79 Å². The lowest BCUT2D eigenvalue weighted by Crippen LogP contribution is -2.68. The van der Waals surface area contributed by atoms with Crippen LogP contribution in [0.25, 0.3) is 0 Å². The number of ether oxygens (including phenoxy) is 1. The van der Waals surface area contributed by atoms with Crippen molar-refractivity contribution in [1.29, 1.82) is 0 Å². The zero-order chi connectivity index (χ0) is 13.2. The highest BCUT2D eigenvalue weighted by Gasteiger charge is 2.59. The van der Waals surface area contributed by atoms with Crippen LogP contribution in [0, 0.1) is 11.3 Å². The first-order chi connectivity index (χ1) is 8.64. The number of rotatable bonds is 6. The Morgan fingerprint density at radius 2 is 2.28 bits per heavy atom. The number of amides is 1. The molecule has 2 fully saturated rings. The highest BCUT2D eigenvalue weighted by Crippen LogP contribution is 2.57. The lowest BCUT2D eigenvalue weighted by Gasteiger charge is -2.61. The Kier molecular flexibility index (Phi) is 4.59. The quantitative estimate of drug-likeness (QED) is 0.806. The molecule has 3 nitrogen and oxygen atoms in total. The van der Waals surface area contributed by atoms with Crippen molar-refractivity contribution in [2.45, 2.75) is 51.7 Å². The predicted molar refractivity (Wildman–Crippen MR) is 75.8 cm³/mol. The largest absolute Gasteiger partial charge is 0.378 e. The average molecular weight is 271 g/mol. The first-order valence-electron chi connectivity index (χ1n) is 7.05. The van der Waals surface area contributed by atoms with Gasteiger partial charge in [-0.1, -0.05) is 13.3 Å². The molecule has 1 spiro atoms. The Bertz CT molecular complexity index is 304. The molecule has 1 N–H and O–H groups in total. The summed E-state index contributed by atoms with van der Waals surface area (Å²) in [5, 5.41) is 3.25. The third-order valence-corrected chi connectivity index (χ3v) is 5.45. The van der Waals surface area contributed by atoms with Crippen LogP contribution < -0.4 is 5.32 Å². The molecular formula is C14H25NO2S. The second kappa shape index (κ2) is 5.83. The molecule has 0 aromatic heterocycles. The van der Waals surface area contributed by atoms with Gasteiger partial charge in [0.25, 0.3) is 0 Å². The second-order valence-corrected chi connectivity index (χ2v) is 6.59. The van der Waals surface area contributed by atoms with Gasteiger partial charge in [0.2, 0.25) is 5.91 Å². The maximum Gasteiger partial charge on any atom is 0.223 e. The van der Waals surface area contributed by atoms with Crippen molar-refractivity contribution in [3.8, 4) is 0 Å². The van der Waals surface area contributed by atoms with Gasteiger partial charge in [-0.05, 0) is 32.4 Å². The van der Waals surface area contributed by atoms with Crippen molar-refractivity contribution in [1.82, 2.24) is 5.32 Å². The highest BCUT2D eigenvalue weighted by atomic mass is 32.2. The zero-order valence-electron chi connectivity index (χ0n) is 11.7. The van der Waals surface area contributed by atoms with Gasteiger partial charge >= 0.3 is 0 Å². The van der Waals surface area contributed by atoms with Crippen molar-refractivity contribution in [2.75, 3.05) is 18.6 Å². The molecule has 0 aromatic rings. The average Bonchev–Trinajstić information content (AvgIpc) is 2.25. The summed E-state index contributed by atoms with van der Waals surface area (Å²) < 4.78 is 5.80. The standard InChI is InChI=1S/C14H25NO2S/c1-4-17-12-8-11(14(12)6-5-7-14)15-13(16)10(2)9-18-3/h10-12H,4-9H2,1-3H3,(H,15,16)/t10-,11+,12-/m1/s1. The molecule has 4 heteroatoms. The van der Waals surface area contributed by atoms with Gasteiger partial charge in [0.1, 0.15) is 0 Å². The van der Waals surface area contributed by atoms with E-state index in [1.165, 1.54) is 19.3 Å². The van der Waals surface area contributed by atoms with E-state index < -0.39 is 0 Å². The number of hydrogen-bond donors (Lipinski definition) is 1. The monoisotopic (exact) mass is 271 g/mol. The number of hydrogen-bond acceptors (Lipinski definition) is 3. The minimum absolute atomic E-state index is 0.114. The van der Waals surface area contributed by atoms with Crippen molar-refractivity contribution in [3.63, 3.8) is 0 Å². The first-order valence-corrected chi connectivity index (χ1v) is 8.44. The molecule has 18 heavy (non-hydrogen) atoms. The number of thioether (sulfide) groups is 1. The fourth-order valence-electron chi connectivity index (χ4n) is 3.28. The predicted octanol–water partition coefficient (Wildman–Crippen LogP) is 2.45. The molecule has 0 aromatic carbocycles. The Balaban J connectivity index is 1.86. The Hall–Kier alpha value is -0.220. The van der Waals surface area contributed by atoms with Crippen molar-refractivity contribution >= 4 is 17.7 Å². The molecule has 0 heterocycles. The topological polar surface area (TPSA) is 38.3 Å². The number of carbonyl (C=O) groups excluding carboxylic acids is 1. The summed E-state index contributed by atoms with van der Waals surface area (Å²) in [6.07, 6.45) is 7.17. The lowest BCUT2D eigenvalue weighted by molar-refractivity contribution is -0.176. The van der Waals surface area contributed by atoms with Gasteiger partial charge in [0.15, 0.2) is 0 Å². The first kappa shape index (κ1) is 14.2. The lowest BCUT2D eigenvalue weighted by atomic mass is 9.51. The van der Waals surface area contributed by atoms with E-state index in [1.807, 2.05) is 13.2 Å². The van der Waals surface area contributed by atoms with Gasteiger partial charge in [-0.25, -0.2) is 0 Å². The molecule has 0 bridgehead atoms. The normalized spacial score (nSPS) is 30.4. The van der Waals surface area contributed by atoms with Crippen molar-refractivity contribution < 1.29 is 9.53 Å². The van der Waals surface area contributed by atoms with Crippen molar-refractivity contribution in [2.24, 2.45) is 11.3 Å². The van der Waals surface area contributed by atoms with Gasteiger partial charge < -0.3 is 10.1 Å². The molecule has 1 amide bonds. The van der Waals surface area contributed by atoms with Gasteiger partial charge in [-0.3, -0.25) is 4.79 Å². The van der Waals surface area contributed by atoms with E-state index in [2.05, 4.69) is 12.2 Å². The smallest absolute Gasteiger partial charge is 0.223 e. The molecule has 0 radical (unpaired) electrons. The van der Waals surface area contributed by atoms with Crippen LogP contribution in [-0.4, -0.2) is 36.7 Å². The summed E-state index contributed by atoms with van der Waals surface area (Å²) in [4.78, 5) is 12.1. The molecule has 2 saturated carbocycles. The maximum absolute atomic E-state index is 12.1. The highest BCUT2D eigenvalue weighted by molar-refractivity contribution is 7.98. The van der Waals surface area contributed by atoms with E-state index in [1.54, 1.807) is 11.8 Å². The summed E-state index contributed by atoms with van der Waals surface area (Å²) in [5.41, 5.74) is 0.282. The van der Waals surface area contributed by atoms with Crippen LogP contribution in [0.15, 0.2) is 0 Å². The molecule has 3 atom stereocenters. The van der Waals surface area contributed by atoms with E-state index in [4.69, 9.17) is 4.74 Å². The molecule has 0 aliphatic heterocycles. The Morgan fingerprint density at radius 1 is 1.56 bits per heavy atom. The van der Waals surface area contributed by atoms with Crippen molar-refractivity contribution in [3.05, 3.63) is 0 Å². The molecule has 104 valence electrons. The minimum Gasteiger partial charge on any atom is -0.378 e. The SMILES string of the molecule is CCO[C@@H]1C[C@H](NC(=O)[C@H](C)CSC)C12CCC2. The van der Waals surface area contributed by atoms with Crippen LogP contribution in [-0.2, 0) is 9.53 Å². The number of nitrogens with one attached hydrogen (secondary N) is 1. The van der Waals surface area contributed by atoms with Crippen LogP contribution in [0.1, 0.15) is 39.5 Å². The van der Waals surface area contributed by atoms with Gasteiger partial charge in [-0.15, -0.1) is 0 Å². The zero-order valence-corrected chi connectivity index (χ0v) is 12.5. The molecular weight excluding hydrogens is 246 g/mol. The Morgan fingerprint density at radius 3 is 2.78 bits per heavy atom. The van der Waals surface area contributed by atoms with Crippen LogP contribution in [0.3, 0.4) is 0 Å². The van der Waals surface area contributed by atoms with E-state index >= 15 is 0 Å². The van der Waals surface area contributed by atoms with Crippen LogP contribution in [0.4, 0.5) is 0 Å². The second-order valence-electron chi connectivity index (χ2n) is 5.68. The van der Waals surface area contributed by atoms with Gasteiger partial charge in [0.05, 0.1) is 6.10 Å². The molecule has 2 aliphatic carbocycles. The molecule has 2 aliphatic rings. The summed E-state index contributed by atoms with van der Waals surface area (Å²) >= 11 is 1.73. The maximum atomic E-state index is 12.1. The van der Waals surface area contributed by atoms with Gasteiger partial charge in [-0.2, -0.15) is 11.8 Å². The molecule has 0 saturated heterocycles. The third-order valence-electron chi connectivity index (χ3n) is 4.62. The number of carbonyl (C=O) groups is 1. The fourth-order valence-corrected chi connectivity index (χ4v) is 3.93. The van der Waals surface area contributed by atoms with Crippen LogP contribution in [0.5, 0.6) is 0 Å². The summed E-state index contributed by atoms with van der Waals surface area (Å²) in [6, 6.07) is 0.361. The van der Waals surface area contributed by atoms with Gasteiger partial charge in [0, 0.05) is 29.7 Å². The summed E-state index contributed by atoms with van der Waals surface area (Å²) in [6.45, 7) is 4.85. The summed E-state index contributed by atoms with van der Waals surface area (Å²) in [7, 11) is 0. The molecule has 0 unspecified atom stereocenters. The third kappa shape index (κ3) is 2.42. The summed E-state index contributed by atoms with van der Waals surface area (Å²) in [5.74, 6) is 1.24. The Labute approximate surface area is 114 Å². The van der Waals surface area contributed by atoms with E-state index in [-0.39, 0.29) is 17.2 Å². The van der Waals surface area contributed by atoms with Crippen LogP contribution in [0.2, 0.25) is 0 Å². The minimum atomic E-state index is 0.114. The van der Waals surface area contributed by atoms with E-state index in [0.717, 1.165) is 18.8 Å².